The molecule has 0 amide bonds. The van der Waals surface area contributed by atoms with E-state index in [1.165, 1.54) is 43.2 Å². The van der Waals surface area contributed by atoms with Crippen LogP contribution in [-0.4, -0.2) is 4.98 Å². The van der Waals surface area contributed by atoms with E-state index in [0.717, 1.165) is 18.0 Å². The quantitative estimate of drug-likeness (QED) is 0.683. The Balaban J connectivity index is 2.19. The van der Waals surface area contributed by atoms with Gasteiger partial charge in [0.2, 0.25) is 0 Å². The SMILES string of the molecule is CCc1c(/C=C/C2CCCCC2)cc(Cl)nc1C. The van der Waals surface area contributed by atoms with Crippen molar-refractivity contribution in [2.45, 2.75) is 52.4 Å². The summed E-state index contributed by atoms with van der Waals surface area (Å²) in [5, 5.41) is 0.605. The molecule has 0 N–H and O–H groups in total. The van der Waals surface area contributed by atoms with Crippen LogP contribution in [0, 0.1) is 12.8 Å². The number of pyridine rings is 1. The van der Waals surface area contributed by atoms with Crippen LogP contribution in [0.25, 0.3) is 6.08 Å². The molecule has 0 bridgehead atoms. The van der Waals surface area contributed by atoms with Gasteiger partial charge in [0.25, 0.3) is 0 Å². The Bertz CT molecular complexity index is 431. The third-order valence-electron chi connectivity index (χ3n) is 3.89. The molecule has 0 unspecified atom stereocenters. The van der Waals surface area contributed by atoms with Crippen molar-refractivity contribution in [2.24, 2.45) is 5.92 Å². The number of allylic oxidation sites excluding steroid dienone is 1. The van der Waals surface area contributed by atoms with E-state index in [-0.39, 0.29) is 0 Å². The molecule has 1 aliphatic carbocycles. The van der Waals surface area contributed by atoms with Crippen LogP contribution in [0.1, 0.15) is 55.8 Å². The van der Waals surface area contributed by atoms with Crippen molar-refractivity contribution in [3.63, 3.8) is 0 Å². The van der Waals surface area contributed by atoms with Gasteiger partial charge in [0.15, 0.2) is 0 Å². The first-order valence-electron chi connectivity index (χ1n) is 7.05. The second-order valence-electron chi connectivity index (χ2n) is 5.21. The molecule has 1 saturated carbocycles. The van der Waals surface area contributed by atoms with Gasteiger partial charge in [-0.15, -0.1) is 0 Å². The predicted molar refractivity (Wildman–Crippen MR) is 79.0 cm³/mol. The van der Waals surface area contributed by atoms with Crippen molar-refractivity contribution < 1.29 is 0 Å². The van der Waals surface area contributed by atoms with Crippen LogP contribution in [0.2, 0.25) is 5.15 Å². The van der Waals surface area contributed by atoms with Crippen LogP contribution in [0.5, 0.6) is 0 Å². The van der Waals surface area contributed by atoms with Crippen LogP contribution in [0.15, 0.2) is 12.1 Å². The number of rotatable bonds is 3. The van der Waals surface area contributed by atoms with E-state index < -0.39 is 0 Å². The Kier molecular flexibility index (Phi) is 4.82. The maximum Gasteiger partial charge on any atom is 0.129 e. The maximum absolute atomic E-state index is 6.06. The molecule has 18 heavy (non-hydrogen) atoms. The van der Waals surface area contributed by atoms with Gasteiger partial charge in [-0.2, -0.15) is 0 Å². The second kappa shape index (κ2) is 6.38. The fourth-order valence-corrected chi connectivity index (χ4v) is 3.10. The molecule has 0 radical (unpaired) electrons. The minimum absolute atomic E-state index is 0.605. The summed E-state index contributed by atoms with van der Waals surface area (Å²) in [6.45, 7) is 4.22. The van der Waals surface area contributed by atoms with Crippen LogP contribution in [0.4, 0.5) is 0 Å². The highest BCUT2D eigenvalue weighted by Crippen LogP contribution is 2.26. The molecule has 1 aromatic heterocycles. The Morgan fingerprint density at radius 3 is 2.72 bits per heavy atom. The van der Waals surface area contributed by atoms with Crippen LogP contribution < -0.4 is 0 Å². The lowest BCUT2D eigenvalue weighted by Gasteiger charge is -2.18. The molecule has 2 rings (SSSR count). The highest BCUT2D eigenvalue weighted by molar-refractivity contribution is 6.29. The summed E-state index contributed by atoms with van der Waals surface area (Å²) in [5.41, 5.74) is 3.64. The van der Waals surface area contributed by atoms with Gasteiger partial charge in [0.05, 0.1) is 0 Å². The normalized spacial score (nSPS) is 17.5. The lowest BCUT2D eigenvalue weighted by atomic mass is 9.88. The molecule has 1 aromatic rings. The molecule has 0 spiro atoms. The summed E-state index contributed by atoms with van der Waals surface area (Å²) in [4.78, 5) is 4.33. The summed E-state index contributed by atoms with van der Waals surface area (Å²) in [6, 6.07) is 1.99. The Labute approximate surface area is 115 Å². The fraction of sp³-hybridized carbons (Fsp3) is 0.562. The molecule has 98 valence electrons. The van der Waals surface area contributed by atoms with Crippen LogP contribution >= 0.6 is 11.6 Å². The van der Waals surface area contributed by atoms with Crippen LogP contribution in [0.3, 0.4) is 0 Å². The first-order valence-corrected chi connectivity index (χ1v) is 7.42. The van der Waals surface area contributed by atoms with E-state index in [2.05, 4.69) is 24.1 Å². The van der Waals surface area contributed by atoms with E-state index in [9.17, 15) is 0 Å². The van der Waals surface area contributed by atoms with Gasteiger partial charge in [0, 0.05) is 5.69 Å². The number of aryl methyl sites for hydroxylation is 1. The standard InChI is InChI=1S/C16H22ClN/c1-3-15-12(2)18-16(17)11-14(15)10-9-13-7-5-4-6-8-13/h9-11,13H,3-8H2,1-2H3/b10-9+. The summed E-state index contributed by atoms with van der Waals surface area (Å²) in [5.74, 6) is 0.760. The van der Waals surface area contributed by atoms with E-state index in [4.69, 9.17) is 11.6 Å². The van der Waals surface area contributed by atoms with Gasteiger partial charge in [-0.3, -0.25) is 0 Å². The second-order valence-corrected chi connectivity index (χ2v) is 5.60. The fourth-order valence-electron chi connectivity index (χ4n) is 2.86. The topological polar surface area (TPSA) is 12.9 Å². The summed E-state index contributed by atoms with van der Waals surface area (Å²) >= 11 is 6.06. The molecule has 0 saturated heterocycles. The van der Waals surface area contributed by atoms with Crippen LogP contribution in [-0.2, 0) is 6.42 Å². The smallest absolute Gasteiger partial charge is 0.129 e. The highest BCUT2D eigenvalue weighted by atomic mass is 35.5. The van der Waals surface area contributed by atoms with Crippen molar-refractivity contribution in [1.29, 1.82) is 0 Å². The largest absolute Gasteiger partial charge is 0.241 e. The molecule has 0 aliphatic heterocycles. The van der Waals surface area contributed by atoms with Crippen molar-refractivity contribution in [3.8, 4) is 0 Å². The van der Waals surface area contributed by atoms with E-state index in [1.54, 1.807) is 0 Å². The van der Waals surface area contributed by atoms with Gasteiger partial charge in [0.1, 0.15) is 5.15 Å². The Morgan fingerprint density at radius 1 is 1.33 bits per heavy atom. The van der Waals surface area contributed by atoms with Gasteiger partial charge in [-0.1, -0.05) is 49.9 Å². The van der Waals surface area contributed by atoms with Crippen molar-refractivity contribution in [1.82, 2.24) is 4.98 Å². The lowest BCUT2D eigenvalue weighted by Crippen LogP contribution is -2.02. The molecule has 1 aliphatic rings. The number of hydrogen-bond donors (Lipinski definition) is 0. The summed E-state index contributed by atoms with van der Waals surface area (Å²) in [6.07, 6.45) is 12.5. The van der Waals surface area contributed by atoms with Gasteiger partial charge in [-0.05, 0) is 49.3 Å². The van der Waals surface area contributed by atoms with Crippen molar-refractivity contribution in [3.05, 3.63) is 34.1 Å². The third kappa shape index (κ3) is 3.35. The molecule has 0 aromatic carbocycles. The lowest BCUT2D eigenvalue weighted by molar-refractivity contribution is 0.420. The van der Waals surface area contributed by atoms with Crippen molar-refractivity contribution >= 4 is 17.7 Å². The highest BCUT2D eigenvalue weighted by Gasteiger charge is 2.11. The zero-order valence-corrected chi connectivity index (χ0v) is 12.1. The number of aromatic nitrogens is 1. The Hall–Kier alpha value is -0.820. The molecule has 2 heteroatoms. The number of hydrogen-bond acceptors (Lipinski definition) is 1. The zero-order chi connectivity index (χ0) is 13.0. The van der Waals surface area contributed by atoms with E-state index in [1.807, 2.05) is 13.0 Å². The number of nitrogens with zero attached hydrogens (tertiary/aromatic N) is 1. The van der Waals surface area contributed by atoms with Gasteiger partial charge < -0.3 is 0 Å². The summed E-state index contributed by atoms with van der Waals surface area (Å²) < 4.78 is 0. The monoisotopic (exact) mass is 263 g/mol. The van der Waals surface area contributed by atoms with E-state index in [0.29, 0.717) is 5.15 Å². The van der Waals surface area contributed by atoms with Gasteiger partial charge in [-0.25, -0.2) is 4.98 Å². The molecule has 0 atom stereocenters. The maximum atomic E-state index is 6.06. The number of halogens is 1. The minimum atomic E-state index is 0.605. The third-order valence-corrected chi connectivity index (χ3v) is 4.08. The molecule has 1 nitrogen and oxygen atoms in total. The van der Waals surface area contributed by atoms with Gasteiger partial charge >= 0.3 is 0 Å². The predicted octanol–water partition coefficient (Wildman–Crippen LogP) is 5.20. The molecular weight excluding hydrogens is 242 g/mol. The minimum Gasteiger partial charge on any atom is -0.241 e. The summed E-state index contributed by atoms with van der Waals surface area (Å²) in [7, 11) is 0. The first-order chi connectivity index (χ1) is 8.70. The van der Waals surface area contributed by atoms with E-state index >= 15 is 0 Å². The average molecular weight is 264 g/mol. The molecule has 1 heterocycles. The zero-order valence-electron chi connectivity index (χ0n) is 11.4. The molecular formula is C16H22ClN. The van der Waals surface area contributed by atoms with Crippen molar-refractivity contribution in [2.75, 3.05) is 0 Å². The average Bonchev–Trinajstić information content (AvgIpc) is 2.37. The molecule has 1 fully saturated rings. The first kappa shape index (κ1) is 13.6. The Morgan fingerprint density at radius 2 is 2.06 bits per heavy atom.